The molecule has 0 heterocycles. The molecule has 152 valence electrons. The second-order valence-electron chi connectivity index (χ2n) is 6.89. The fourth-order valence-corrected chi connectivity index (χ4v) is 3.00. The van der Waals surface area contributed by atoms with E-state index in [1.165, 1.54) is 52.4 Å². The minimum absolute atomic E-state index is 0. The van der Waals surface area contributed by atoms with E-state index in [0.717, 1.165) is 19.3 Å². The highest BCUT2D eigenvalue weighted by Crippen LogP contribution is 2.31. The molecule has 0 saturated heterocycles. The lowest BCUT2D eigenvalue weighted by molar-refractivity contribution is -0.154. The number of halogens is 1. The molecule has 0 rings (SSSR count). The topological polar surface area (TPSA) is 102 Å². The molecule has 0 fully saturated rings. The molecule has 0 aliphatic carbocycles. The zero-order valence-electron chi connectivity index (χ0n) is 16.6. The van der Waals surface area contributed by atoms with E-state index in [4.69, 9.17) is 16.3 Å². The molecule has 0 aliphatic rings. The summed E-state index contributed by atoms with van der Waals surface area (Å²) in [4.78, 5) is 10.5. The van der Waals surface area contributed by atoms with Crippen molar-refractivity contribution in [2.75, 3.05) is 0 Å². The number of hydrogen-bond donors (Lipinski definition) is 3. The van der Waals surface area contributed by atoms with Crippen molar-refractivity contribution in [1.29, 1.82) is 0 Å². The van der Waals surface area contributed by atoms with E-state index in [-0.39, 0.29) is 12.1 Å². The molecule has 0 bridgehead atoms. The molecular formula is C19H40ClNO4. The first-order chi connectivity index (χ1) is 11.3. The molecule has 3 unspecified atom stereocenters. The van der Waals surface area contributed by atoms with Crippen LogP contribution in [-0.2, 0) is 9.53 Å². The Labute approximate surface area is 159 Å². The number of esters is 1. The first kappa shape index (κ1) is 26.9. The van der Waals surface area contributed by atoms with Gasteiger partial charge in [-0.05, 0) is 27.2 Å². The molecule has 0 saturated carbocycles. The van der Waals surface area contributed by atoms with E-state index in [2.05, 4.69) is 6.92 Å². The maximum atomic E-state index is 11.9. The standard InChI is InChI=1S/C19H37ClO4.H3N/c1-5-6-7-8-9-10-11-12-13-14-18(23)24-17(4)19(20,15(2)21)16(3)22;/h15-17,21-22H,5-14H2,1-4H3;1H3. The lowest BCUT2D eigenvalue weighted by atomic mass is 9.91. The van der Waals surface area contributed by atoms with Crippen molar-refractivity contribution in [1.82, 2.24) is 6.15 Å². The van der Waals surface area contributed by atoms with E-state index >= 15 is 0 Å². The van der Waals surface area contributed by atoms with Gasteiger partial charge in [-0.25, -0.2) is 0 Å². The van der Waals surface area contributed by atoms with Gasteiger partial charge in [-0.15, -0.1) is 11.6 Å². The predicted molar refractivity (Wildman–Crippen MR) is 104 cm³/mol. The summed E-state index contributed by atoms with van der Waals surface area (Å²) >= 11 is 6.28. The van der Waals surface area contributed by atoms with Crippen LogP contribution in [0.3, 0.4) is 0 Å². The summed E-state index contributed by atoms with van der Waals surface area (Å²) in [6.07, 6.45) is 8.33. The summed E-state index contributed by atoms with van der Waals surface area (Å²) in [5, 5.41) is 19.6. The molecule has 5 nitrogen and oxygen atoms in total. The molecule has 0 aromatic rings. The average molecular weight is 382 g/mol. The van der Waals surface area contributed by atoms with E-state index in [0.29, 0.717) is 6.42 Å². The molecule has 6 heteroatoms. The lowest BCUT2D eigenvalue weighted by Gasteiger charge is -2.37. The Morgan fingerprint density at radius 2 is 1.32 bits per heavy atom. The SMILES string of the molecule is CCCCCCCCCCCC(=O)OC(C)C(Cl)(C(C)O)C(C)O.N. The van der Waals surface area contributed by atoms with Gasteiger partial charge in [0.1, 0.15) is 11.0 Å². The number of rotatable bonds is 14. The van der Waals surface area contributed by atoms with Crippen molar-refractivity contribution >= 4 is 17.6 Å². The fourth-order valence-electron chi connectivity index (χ4n) is 2.95. The molecule has 3 atom stereocenters. The predicted octanol–water partition coefficient (Wildman–Crippen LogP) is 4.74. The summed E-state index contributed by atoms with van der Waals surface area (Å²) in [7, 11) is 0. The monoisotopic (exact) mass is 381 g/mol. The normalized spacial score (nSPS) is 17.1. The van der Waals surface area contributed by atoms with E-state index in [9.17, 15) is 15.0 Å². The quantitative estimate of drug-likeness (QED) is 0.229. The number of carbonyl (C=O) groups is 1. The molecule has 0 radical (unpaired) electrons. The first-order valence-electron chi connectivity index (χ1n) is 9.51. The van der Waals surface area contributed by atoms with Crippen LogP contribution in [0.1, 0.15) is 91.9 Å². The van der Waals surface area contributed by atoms with Gasteiger partial charge in [0.25, 0.3) is 0 Å². The fraction of sp³-hybridized carbons (Fsp3) is 0.947. The zero-order valence-corrected chi connectivity index (χ0v) is 17.4. The summed E-state index contributed by atoms with van der Waals surface area (Å²) in [6.45, 7) is 6.81. The highest BCUT2D eigenvalue weighted by molar-refractivity contribution is 6.25. The number of aliphatic hydroxyl groups excluding tert-OH is 2. The van der Waals surface area contributed by atoms with Crippen LogP contribution in [0.25, 0.3) is 0 Å². The molecule has 0 aromatic carbocycles. The first-order valence-corrected chi connectivity index (χ1v) is 9.89. The van der Waals surface area contributed by atoms with Crippen LogP contribution in [0.5, 0.6) is 0 Å². The van der Waals surface area contributed by atoms with E-state index in [1.807, 2.05) is 0 Å². The van der Waals surface area contributed by atoms with Crippen LogP contribution >= 0.6 is 11.6 Å². The largest absolute Gasteiger partial charge is 0.461 e. The van der Waals surface area contributed by atoms with E-state index < -0.39 is 23.2 Å². The van der Waals surface area contributed by atoms with Gasteiger partial charge in [0.05, 0.1) is 12.2 Å². The summed E-state index contributed by atoms with van der Waals surface area (Å²) < 4.78 is 5.32. The maximum Gasteiger partial charge on any atom is 0.306 e. The Morgan fingerprint density at radius 1 is 0.920 bits per heavy atom. The van der Waals surface area contributed by atoms with Crippen LogP contribution < -0.4 is 6.15 Å². The summed E-state index contributed by atoms with van der Waals surface area (Å²) in [5.41, 5.74) is 0. The smallest absolute Gasteiger partial charge is 0.306 e. The third kappa shape index (κ3) is 10.4. The van der Waals surface area contributed by atoms with Gasteiger partial charge >= 0.3 is 5.97 Å². The summed E-state index contributed by atoms with van der Waals surface area (Å²) in [6, 6.07) is 0. The van der Waals surface area contributed by atoms with Crippen LogP contribution in [0.15, 0.2) is 0 Å². The minimum Gasteiger partial charge on any atom is -0.461 e. The van der Waals surface area contributed by atoms with Crippen molar-refractivity contribution in [2.45, 2.75) is 115 Å². The number of alkyl halides is 1. The van der Waals surface area contributed by atoms with Gasteiger partial charge in [0.15, 0.2) is 0 Å². The third-order valence-corrected chi connectivity index (χ3v) is 5.64. The second kappa shape index (κ2) is 14.8. The Kier molecular flexibility index (Phi) is 15.9. The van der Waals surface area contributed by atoms with Crippen LogP contribution in [0, 0.1) is 0 Å². The van der Waals surface area contributed by atoms with Crippen molar-refractivity contribution in [3.05, 3.63) is 0 Å². The van der Waals surface area contributed by atoms with Gasteiger partial charge in [0, 0.05) is 6.42 Å². The van der Waals surface area contributed by atoms with Crippen molar-refractivity contribution in [3.8, 4) is 0 Å². The van der Waals surface area contributed by atoms with Crippen molar-refractivity contribution < 1.29 is 19.7 Å². The van der Waals surface area contributed by atoms with E-state index in [1.54, 1.807) is 6.92 Å². The molecule has 0 amide bonds. The van der Waals surface area contributed by atoms with Crippen molar-refractivity contribution in [3.63, 3.8) is 0 Å². The molecule has 0 aromatic heterocycles. The number of aliphatic hydroxyl groups is 2. The summed E-state index contributed by atoms with van der Waals surface area (Å²) in [5.74, 6) is -0.322. The van der Waals surface area contributed by atoms with Crippen LogP contribution in [0.2, 0.25) is 0 Å². The van der Waals surface area contributed by atoms with Crippen LogP contribution in [-0.4, -0.2) is 39.4 Å². The van der Waals surface area contributed by atoms with Gasteiger partial charge in [-0.1, -0.05) is 58.3 Å². The Morgan fingerprint density at radius 3 is 1.72 bits per heavy atom. The highest BCUT2D eigenvalue weighted by atomic mass is 35.5. The second-order valence-corrected chi connectivity index (χ2v) is 7.54. The van der Waals surface area contributed by atoms with Crippen LogP contribution in [0.4, 0.5) is 0 Å². The highest BCUT2D eigenvalue weighted by Gasteiger charge is 2.45. The average Bonchev–Trinajstić information content (AvgIpc) is 2.51. The minimum atomic E-state index is -1.38. The van der Waals surface area contributed by atoms with Crippen molar-refractivity contribution in [2.24, 2.45) is 0 Å². The lowest BCUT2D eigenvalue weighted by Crippen LogP contribution is -2.54. The molecular weight excluding hydrogens is 342 g/mol. The Bertz CT molecular complexity index is 329. The number of unbranched alkanes of at least 4 members (excludes halogenated alkanes) is 8. The maximum absolute atomic E-state index is 11.9. The number of carbonyl (C=O) groups excluding carboxylic acids is 1. The molecule has 25 heavy (non-hydrogen) atoms. The zero-order chi connectivity index (χ0) is 18.6. The molecule has 0 aliphatic heterocycles. The van der Waals surface area contributed by atoms with Gasteiger partial charge in [-0.3, -0.25) is 4.79 Å². The number of hydrogen-bond acceptors (Lipinski definition) is 5. The Balaban J connectivity index is 0. The van der Waals surface area contributed by atoms with Gasteiger partial charge in [0.2, 0.25) is 0 Å². The molecule has 0 spiro atoms. The number of ether oxygens (including phenoxy) is 1. The molecule has 5 N–H and O–H groups in total. The third-order valence-electron chi connectivity index (χ3n) is 4.70. The Hall–Kier alpha value is -0.360. The van der Waals surface area contributed by atoms with Gasteiger partial charge in [-0.2, -0.15) is 0 Å². The van der Waals surface area contributed by atoms with Gasteiger partial charge < -0.3 is 21.1 Å².